The Labute approximate surface area is 63.8 Å². The average Bonchev–Trinajstić information content (AvgIpc) is 2.06. The molecule has 0 atom stereocenters. The lowest BCUT2D eigenvalue weighted by Gasteiger charge is -2.05. The molecule has 0 saturated heterocycles. The number of hydrogen-bond acceptors (Lipinski definition) is 3. The molecule has 1 aromatic heterocycles. The maximum absolute atomic E-state index is 11.2. The van der Waals surface area contributed by atoms with Gasteiger partial charge >= 0.3 is 0 Å². The van der Waals surface area contributed by atoms with Crippen molar-refractivity contribution >= 4 is 17.7 Å². The molecule has 1 aliphatic rings. The van der Waals surface area contributed by atoms with Gasteiger partial charge in [-0.2, -0.15) is 0 Å². The molecule has 0 N–H and O–H groups in total. The summed E-state index contributed by atoms with van der Waals surface area (Å²) >= 11 is 0. The maximum atomic E-state index is 11.2. The second kappa shape index (κ2) is 2.27. The molecule has 0 bridgehead atoms. The number of hydrogen-bond donors (Lipinski definition) is 0. The Balaban J connectivity index is 2.63. The normalized spacial score (nSPS) is 14.7. The first kappa shape index (κ1) is 6.22. The first-order valence-electron chi connectivity index (χ1n) is 3.37. The second-order valence-electron chi connectivity index (χ2n) is 2.33. The lowest BCUT2D eigenvalue weighted by Crippen LogP contribution is -2.04. The van der Waals surface area contributed by atoms with Gasteiger partial charge in [0.2, 0.25) is 0 Å². The van der Waals surface area contributed by atoms with Crippen molar-refractivity contribution in [3.63, 3.8) is 0 Å². The number of rotatable bonds is 0. The summed E-state index contributed by atoms with van der Waals surface area (Å²) in [7, 11) is 0. The van der Waals surface area contributed by atoms with Crippen molar-refractivity contribution in [3.05, 3.63) is 24.0 Å². The summed E-state index contributed by atoms with van der Waals surface area (Å²) in [6.45, 7) is 0. The Morgan fingerprint density at radius 1 is 1.45 bits per heavy atom. The number of nitrogens with zero attached hydrogens (tertiary/aromatic N) is 2. The number of aliphatic imine (C=N–C) groups is 1. The van der Waals surface area contributed by atoms with E-state index >= 15 is 0 Å². The van der Waals surface area contributed by atoms with E-state index < -0.39 is 0 Å². The van der Waals surface area contributed by atoms with Gasteiger partial charge in [0.25, 0.3) is 0 Å². The second-order valence-corrected chi connectivity index (χ2v) is 2.33. The fraction of sp³-hybridized carbons (Fsp3) is 0.125. The van der Waals surface area contributed by atoms with Crippen LogP contribution in [0.15, 0.2) is 23.5 Å². The monoisotopic (exact) mass is 146 g/mol. The smallest absolute Gasteiger partial charge is 0.170 e. The highest BCUT2D eigenvalue weighted by molar-refractivity contribution is 6.09. The van der Waals surface area contributed by atoms with Gasteiger partial charge in [-0.3, -0.25) is 14.8 Å². The first-order valence-corrected chi connectivity index (χ1v) is 3.37. The largest absolute Gasteiger partial charge is 0.294 e. The number of carbonyl (C=O) groups excluding carboxylic acids is 1. The van der Waals surface area contributed by atoms with Crippen LogP contribution in [0.4, 0.5) is 5.69 Å². The van der Waals surface area contributed by atoms with E-state index in [1.54, 1.807) is 24.7 Å². The first-order chi connectivity index (χ1) is 5.38. The summed E-state index contributed by atoms with van der Waals surface area (Å²) in [5.74, 6) is 0.123. The van der Waals surface area contributed by atoms with Gasteiger partial charge in [-0.05, 0) is 6.07 Å². The quantitative estimate of drug-likeness (QED) is 0.554. The SMILES string of the molecule is O=C1CC=Nc2cnccc21. The molecule has 54 valence electrons. The Morgan fingerprint density at radius 3 is 3.18 bits per heavy atom. The molecule has 0 unspecified atom stereocenters. The molecule has 0 saturated carbocycles. The maximum Gasteiger partial charge on any atom is 0.170 e. The third kappa shape index (κ3) is 0.941. The van der Waals surface area contributed by atoms with Crippen molar-refractivity contribution in [1.82, 2.24) is 4.98 Å². The predicted molar refractivity (Wildman–Crippen MR) is 41.3 cm³/mol. The van der Waals surface area contributed by atoms with Crippen LogP contribution in [0.5, 0.6) is 0 Å². The molecule has 3 nitrogen and oxygen atoms in total. The van der Waals surface area contributed by atoms with Gasteiger partial charge in [-0.25, -0.2) is 0 Å². The van der Waals surface area contributed by atoms with Gasteiger partial charge in [0.1, 0.15) is 0 Å². The van der Waals surface area contributed by atoms with E-state index in [9.17, 15) is 4.79 Å². The van der Waals surface area contributed by atoms with Crippen LogP contribution in [0, 0.1) is 0 Å². The lowest BCUT2D eigenvalue weighted by molar-refractivity contribution is 0.100. The fourth-order valence-electron chi connectivity index (χ4n) is 1.06. The Hall–Kier alpha value is -1.51. The minimum absolute atomic E-state index is 0.123. The van der Waals surface area contributed by atoms with E-state index in [4.69, 9.17) is 0 Å². The number of ketones is 1. The summed E-state index contributed by atoms with van der Waals surface area (Å²) in [5.41, 5.74) is 1.37. The van der Waals surface area contributed by atoms with Crippen LogP contribution in [0.2, 0.25) is 0 Å². The summed E-state index contributed by atoms with van der Waals surface area (Å²) in [5, 5.41) is 0. The number of carbonyl (C=O) groups is 1. The van der Waals surface area contributed by atoms with E-state index in [-0.39, 0.29) is 5.78 Å². The van der Waals surface area contributed by atoms with Crippen LogP contribution in [-0.4, -0.2) is 17.0 Å². The van der Waals surface area contributed by atoms with Crippen LogP contribution in [0.3, 0.4) is 0 Å². The highest BCUT2D eigenvalue weighted by Crippen LogP contribution is 2.21. The molecule has 0 radical (unpaired) electrons. The molecule has 0 aromatic carbocycles. The minimum atomic E-state index is 0.123. The molecule has 11 heavy (non-hydrogen) atoms. The predicted octanol–water partition coefficient (Wildman–Crippen LogP) is 1.37. The highest BCUT2D eigenvalue weighted by Gasteiger charge is 2.12. The van der Waals surface area contributed by atoms with Crippen molar-refractivity contribution < 1.29 is 4.79 Å². The summed E-state index contributed by atoms with van der Waals surface area (Å²) in [4.78, 5) is 19.1. The van der Waals surface area contributed by atoms with Crippen molar-refractivity contribution in [2.75, 3.05) is 0 Å². The molecule has 2 heterocycles. The molecule has 1 aliphatic heterocycles. The summed E-state index contributed by atoms with van der Waals surface area (Å²) in [6, 6.07) is 1.70. The van der Waals surface area contributed by atoms with E-state index in [1.807, 2.05) is 0 Å². The zero-order chi connectivity index (χ0) is 7.68. The molecule has 0 amide bonds. The van der Waals surface area contributed by atoms with Gasteiger partial charge in [-0.1, -0.05) is 0 Å². The fourth-order valence-corrected chi connectivity index (χ4v) is 1.06. The van der Waals surface area contributed by atoms with Crippen molar-refractivity contribution in [1.29, 1.82) is 0 Å². The highest BCUT2D eigenvalue weighted by atomic mass is 16.1. The standard InChI is InChI=1S/C8H6N2O/c11-8-2-4-10-7-5-9-3-1-6(7)8/h1,3-5H,2H2. The number of pyridine rings is 1. The minimum Gasteiger partial charge on any atom is -0.294 e. The van der Waals surface area contributed by atoms with Crippen LogP contribution in [-0.2, 0) is 0 Å². The van der Waals surface area contributed by atoms with Gasteiger partial charge in [0.15, 0.2) is 5.78 Å². The molecule has 1 aromatic rings. The van der Waals surface area contributed by atoms with Gasteiger partial charge < -0.3 is 0 Å². The van der Waals surface area contributed by atoms with E-state index in [0.29, 0.717) is 17.7 Å². The molecular formula is C8H6N2O. The van der Waals surface area contributed by atoms with E-state index in [1.165, 1.54) is 0 Å². The van der Waals surface area contributed by atoms with Crippen molar-refractivity contribution in [2.45, 2.75) is 6.42 Å². The summed E-state index contributed by atoms with van der Waals surface area (Å²) < 4.78 is 0. The third-order valence-electron chi connectivity index (χ3n) is 1.61. The third-order valence-corrected chi connectivity index (χ3v) is 1.61. The molecule has 3 heteroatoms. The van der Waals surface area contributed by atoms with Gasteiger partial charge in [0.05, 0.1) is 11.9 Å². The Morgan fingerprint density at radius 2 is 2.36 bits per heavy atom. The number of Topliss-reactive ketones (excluding diaryl/α,β-unsaturated/α-hetero) is 1. The van der Waals surface area contributed by atoms with Gasteiger partial charge in [0, 0.05) is 24.4 Å². The number of fused-ring (bicyclic) bond motifs is 1. The van der Waals surface area contributed by atoms with Crippen LogP contribution < -0.4 is 0 Å². The van der Waals surface area contributed by atoms with Gasteiger partial charge in [-0.15, -0.1) is 0 Å². The van der Waals surface area contributed by atoms with E-state index in [0.717, 1.165) is 0 Å². The topological polar surface area (TPSA) is 42.3 Å². The van der Waals surface area contributed by atoms with Crippen LogP contribution in [0.25, 0.3) is 0 Å². The molecule has 2 rings (SSSR count). The van der Waals surface area contributed by atoms with Crippen molar-refractivity contribution in [3.8, 4) is 0 Å². The van der Waals surface area contributed by atoms with Crippen LogP contribution in [0.1, 0.15) is 16.8 Å². The Bertz CT molecular complexity index is 331. The lowest BCUT2D eigenvalue weighted by atomic mass is 10.1. The summed E-state index contributed by atoms with van der Waals surface area (Å²) in [6.07, 6.45) is 5.24. The zero-order valence-corrected chi connectivity index (χ0v) is 5.82. The molecule has 0 spiro atoms. The average molecular weight is 146 g/mol. The molecule has 0 aliphatic carbocycles. The zero-order valence-electron chi connectivity index (χ0n) is 5.82. The molecule has 0 fully saturated rings. The number of aromatic nitrogens is 1. The van der Waals surface area contributed by atoms with Crippen LogP contribution >= 0.6 is 0 Å². The van der Waals surface area contributed by atoms with Crippen molar-refractivity contribution in [2.24, 2.45) is 4.99 Å². The van der Waals surface area contributed by atoms with E-state index in [2.05, 4.69) is 9.98 Å². The molecular weight excluding hydrogens is 140 g/mol. The Kier molecular flexibility index (Phi) is 1.28.